The highest BCUT2D eigenvalue weighted by Gasteiger charge is 2.08. The van der Waals surface area contributed by atoms with Crippen molar-refractivity contribution in [3.8, 4) is 0 Å². The molecule has 18 heavy (non-hydrogen) atoms. The van der Waals surface area contributed by atoms with Crippen LogP contribution in [0.2, 0.25) is 0 Å². The second-order valence-electron chi connectivity index (χ2n) is 3.25. The summed E-state index contributed by atoms with van der Waals surface area (Å²) in [5, 5.41) is 2.40. The number of nitrogens with two attached hydrogens (primary N) is 3. The Kier molecular flexibility index (Phi) is 4.19. The molecule has 0 spiro atoms. The molecular formula is C10H13FN6O. The Bertz CT molecular complexity index is 521. The van der Waals surface area contributed by atoms with Crippen molar-refractivity contribution < 1.29 is 9.18 Å². The average Bonchev–Trinajstić information content (AvgIpc) is 2.30. The van der Waals surface area contributed by atoms with Crippen molar-refractivity contribution in [2.45, 2.75) is 0 Å². The molecule has 0 radical (unpaired) electrons. The Labute approximate surface area is 103 Å². The van der Waals surface area contributed by atoms with Gasteiger partial charge in [-0.2, -0.15) is 4.99 Å². The van der Waals surface area contributed by atoms with Gasteiger partial charge in [-0.25, -0.2) is 9.38 Å². The van der Waals surface area contributed by atoms with Crippen LogP contribution in [0.3, 0.4) is 0 Å². The first kappa shape index (κ1) is 13.4. The molecule has 0 heterocycles. The smallest absolute Gasteiger partial charge is 0.251 e. The molecule has 0 saturated carbocycles. The fourth-order valence-electron chi connectivity index (χ4n) is 1.16. The van der Waals surface area contributed by atoms with Crippen molar-refractivity contribution >= 4 is 23.5 Å². The largest absolute Gasteiger partial charge is 0.370 e. The van der Waals surface area contributed by atoms with E-state index in [2.05, 4.69) is 15.3 Å². The maximum Gasteiger partial charge on any atom is 0.251 e. The van der Waals surface area contributed by atoms with Crippen LogP contribution in [0.15, 0.2) is 28.2 Å². The van der Waals surface area contributed by atoms with Gasteiger partial charge in [0.15, 0.2) is 5.96 Å². The van der Waals surface area contributed by atoms with Gasteiger partial charge in [-0.1, -0.05) is 0 Å². The summed E-state index contributed by atoms with van der Waals surface area (Å²) in [6.07, 6.45) is 0. The molecule has 0 atom stereocenters. The number of benzene rings is 1. The Morgan fingerprint density at radius 3 is 2.56 bits per heavy atom. The fraction of sp³-hybridized carbons (Fsp3) is 0.100. The number of carbonyl (C=O) groups excluding carboxylic acids is 1. The van der Waals surface area contributed by atoms with Gasteiger partial charge in [0.2, 0.25) is 5.96 Å². The minimum atomic E-state index is -0.642. The summed E-state index contributed by atoms with van der Waals surface area (Å²) >= 11 is 0. The lowest BCUT2D eigenvalue weighted by Crippen LogP contribution is -2.26. The number of nitrogens with one attached hydrogen (secondary N) is 1. The second-order valence-corrected chi connectivity index (χ2v) is 3.25. The topological polar surface area (TPSA) is 132 Å². The van der Waals surface area contributed by atoms with Crippen molar-refractivity contribution in [3.05, 3.63) is 29.6 Å². The van der Waals surface area contributed by atoms with Gasteiger partial charge in [0.05, 0.1) is 0 Å². The molecular weight excluding hydrogens is 239 g/mol. The molecule has 0 fully saturated rings. The normalized spacial score (nSPS) is 10.9. The third-order valence-electron chi connectivity index (χ3n) is 1.91. The molecule has 0 bridgehead atoms. The first-order valence-corrected chi connectivity index (χ1v) is 4.89. The lowest BCUT2D eigenvalue weighted by Gasteiger charge is -2.02. The van der Waals surface area contributed by atoms with E-state index in [0.717, 1.165) is 6.07 Å². The van der Waals surface area contributed by atoms with Crippen LogP contribution in [0.1, 0.15) is 10.4 Å². The van der Waals surface area contributed by atoms with Gasteiger partial charge in [-0.3, -0.25) is 4.79 Å². The quantitative estimate of drug-likeness (QED) is 0.413. The molecule has 0 aliphatic rings. The molecule has 7 nitrogen and oxygen atoms in total. The molecule has 0 saturated heterocycles. The Morgan fingerprint density at radius 2 is 2.00 bits per heavy atom. The summed E-state index contributed by atoms with van der Waals surface area (Å²) in [5.74, 6) is -1.61. The summed E-state index contributed by atoms with van der Waals surface area (Å²) in [5.41, 5.74) is 15.7. The number of hydrogen-bond acceptors (Lipinski definition) is 2. The van der Waals surface area contributed by atoms with E-state index in [0.29, 0.717) is 0 Å². The summed E-state index contributed by atoms with van der Waals surface area (Å²) in [7, 11) is 1.46. The highest BCUT2D eigenvalue weighted by atomic mass is 19.1. The van der Waals surface area contributed by atoms with Gasteiger partial charge in [0.1, 0.15) is 11.5 Å². The third kappa shape index (κ3) is 3.44. The van der Waals surface area contributed by atoms with Crippen LogP contribution in [-0.2, 0) is 0 Å². The van der Waals surface area contributed by atoms with Crippen molar-refractivity contribution in [3.63, 3.8) is 0 Å². The van der Waals surface area contributed by atoms with Crippen molar-refractivity contribution in [2.75, 3.05) is 7.05 Å². The minimum absolute atomic E-state index is 0.126. The molecule has 8 heteroatoms. The SMILES string of the molecule is CNC(=O)c1ccc(F)c(N=C(N)N=C(N)N)c1. The summed E-state index contributed by atoms with van der Waals surface area (Å²) in [4.78, 5) is 18.5. The van der Waals surface area contributed by atoms with Gasteiger partial charge >= 0.3 is 0 Å². The predicted octanol–water partition coefficient (Wildman–Crippen LogP) is -0.595. The standard InChI is InChI=1S/C10H13FN6O/c1-15-8(18)5-2-3-6(11)7(4-5)16-10(14)17-9(12)13/h2-4H,1H3,(H,15,18)(H6,12,13,14,16,17). The Morgan fingerprint density at radius 1 is 1.33 bits per heavy atom. The van der Waals surface area contributed by atoms with E-state index in [9.17, 15) is 9.18 Å². The molecule has 0 aromatic heterocycles. The van der Waals surface area contributed by atoms with E-state index in [1.807, 2.05) is 0 Å². The molecule has 96 valence electrons. The summed E-state index contributed by atoms with van der Waals surface area (Å²) < 4.78 is 13.4. The zero-order chi connectivity index (χ0) is 13.7. The lowest BCUT2D eigenvalue weighted by atomic mass is 10.2. The maximum absolute atomic E-state index is 13.4. The summed E-state index contributed by atoms with van der Waals surface area (Å²) in [6, 6.07) is 3.67. The maximum atomic E-state index is 13.4. The van der Waals surface area contributed by atoms with E-state index in [1.165, 1.54) is 19.2 Å². The molecule has 1 amide bonds. The number of nitrogens with zero attached hydrogens (tertiary/aromatic N) is 2. The number of rotatable bonds is 2. The van der Waals surface area contributed by atoms with Crippen molar-refractivity contribution in [2.24, 2.45) is 27.2 Å². The Hall–Kier alpha value is -2.64. The number of amides is 1. The predicted molar refractivity (Wildman–Crippen MR) is 66.9 cm³/mol. The highest BCUT2D eigenvalue weighted by Crippen LogP contribution is 2.19. The zero-order valence-corrected chi connectivity index (χ0v) is 9.64. The van der Waals surface area contributed by atoms with E-state index >= 15 is 0 Å². The van der Waals surface area contributed by atoms with E-state index in [4.69, 9.17) is 17.2 Å². The third-order valence-corrected chi connectivity index (χ3v) is 1.91. The number of halogens is 1. The first-order chi connectivity index (χ1) is 8.43. The van der Waals surface area contributed by atoms with Crippen LogP contribution < -0.4 is 22.5 Å². The number of hydrogen-bond donors (Lipinski definition) is 4. The van der Waals surface area contributed by atoms with Crippen LogP contribution in [0.25, 0.3) is 0 Å². The van der Waals surface area contributed by atoms with Gasteiger partial charge in [0, 0.05) is 12.6 Å². The van der Waals surface area contributed by atoms with Gasteiger partial charge in [-0.15, -0.1) is 0 Å². The average molecular weight is 252 g/mol. The van der Waals surface area contributed by atoms with Crippen LogP contribution in [-0.4, -0.2) is 24.9 Å². The van der Waals surface area contributed by atoms with Crippen molar-refractivity contribution in [1.82, 2.24) is 5.32 Å². The van der Waals surface area contributed by atoms with Gasteiger partial charge in [0.25, 0.3) is 5.91 Å². The first-order valence-electron chi connectivity index (χ1n) is 4.89. The second kappa shape index (κ2) is 5.62. The van der Waals surface area contributed by atoms with Crippen LogP contribution in [0, 0.1) is 5.82 Å². The van der Waals surface area contributed by atoms with Gasteiger partial charge in [-0.05, 0) is 18.2 Å². The van der Waals surface area contributed by atoms with Crippen LogP contribution in [0.5, 0.6) is 0 Å². The molecule has 1 rings (SSSR count). The van der Waals surface area contributed by atoms with E-state index in [-0.39, 0.29) is 29.1 Å². The molecule has 0 unspecified atom stereocenters. The van der Waals surface area contributed by atoms with Gasteiger partial charge < -0.3 is 22.5 Å². The summed E-state index contributed by atoms with van der Waals surface area (Å²) in [6.45, 7) is 0. The Balaban J connectivity index is 3.16. The number of carbonyl (C=O) groups is 1. The molecule has 1 aromatic rings. The molecule has 0 aliphatic carbocycles. The van der Waals surface area contributed by atoms with E-state index in [1.54, 1.807) is 0 Å². The van der Waals surface area contributed by atoms with Crippen LogP contribution >= 0.6 is 0 Å². The highest BCUT2D eigenvalue weighted by molar-refractivity contribution is 5.96. The molecule has 7 N–H and O–H groups in total. The lowest BCUT2D eigenvalue weighted by molar-refractivity contribution is 0.0963. The molecule has 0 aliphatic heterocycles. The number of aliphatic imine (C=N–C) groups is 2. The fourth-order valence-corrected chi connectivity index (χ4v) is 1.16. The monoisotopic (exact) mass is 252 g/mol. The van der Waals surface area contributed by atoms with Crippen LogP contribution in [0.4, 0.5) is 10.1 Å². The van der Waals surface area contributed by atoms with E-state index < -0.39 is 5.82 Å². The zero-order valence-electron chi connectivity index (χ0n) is 9.64. The minimum Gasteiger partial charge on any atom is -0.370 e. The molecule has 1 aromatic carbocycles. The number of guanidine groups is 2. The van der Waals surface area contributed by atoms with Crippen molar-refractivity contribution in [1.29, 1.82) is 0 Å².